The van der Waals surface area contributed by atoms with Gasteiger partial charge < -0.3 is 15.6 Å². The molecule has 0 unspecified atom stereocenters. The van der Waals surface area contributed by atoms with Crippen LogP contribution in [0.25, 0.3) is 0 Å². The van der Waals surface area contributed by atoms with Crippen molar-refractivity contribution < 1.29 is 4.79 Å². The van der Waals surface area contributed by atoms with E-state index in [-0.39, 0.29) is 11.3 Å². The Kier molecular flexibility index (Phi) is 4.07. The highest BCUT2D eigenvalue weighted by molar-refractivity contribution is 5.76. The Morgan fingerprint density at radius 2 is 2.33 bits per heavy atom. The van der Waals surface area contributed by atoms with E-state index < -0.39 is 0 Å². The number of amides is 1. The van der Waals surface area contributed by atoms with Crippen molar-refractivity contribution in [3.8, 4) is 0 Å². The van der Waals surface area contributed by atoms with E-state index in [0.717, 1.165) is 31.5 Å². The number of H-pyrrole nitrogens is 1. The summed E-state index contributed by atoms with van der Waals surface area (Å²) in [5.41, 5.74) is 7.15. The zero-order chi connectivity index (χ0) is 13.0. The van der Waals surface area contributed by atoms with E-state index >= 15 is 0 Å². The average molecular weight is 249 g/mol. The molecule has 0 aromatic carbocycles. The molecule has 18 heavy (non-hydrogen) atoms. The van der Waals surface area contributed by atoms with Crippen molar-refractivity contribution in [1.82, 2.24) is 9.88 Å². The zero-order valence-electron chi connectivity index (χ0n) is 11.1. The summed E-state index contributed by atoms with van der Waals surface area (Å²) in [5.74, 6) is 0.212. The number of aromatic nitrogens is 1. The van der Waals surface area contributed by atoms with Gasteiger partial charge in [-0.3, -0.25) is 4.79 Å². The quantitative estimate of drug-likeness (QED) is 0.803. The Morgan fingerprint density at radius 3 is 2.83 bits per heavy atom. The normalized spacial score (nSPS) is 17.2. The minimum absolute atomic E-state index is 0.205. The molecule has 1 aromatic heterocycles. The summed E-state index contributed by atoms with van der Waals surface area (Å²) >= 11 is 0. The second-order valence-electron chi connectivity index (χ2n) is 5.50. The first-order chi connectivity index (χ1) is 8.65. The zero-order valence-corrected chi connectivity index (χ0v) is 11.1. The fourth-order valence-corrected chi connectivity index (χ4v) is 2.65. The Balaban J connectivity index is 1.78. The van der Waals surface area contributed by atoms with Gasteiger partial charge in [-0.05, 0) is 37.9 Å². The van der Waals surface area contributed by atoms with Crippen LogP contribution in [-0.4, -0.2) is 35.9 Å². The standard InChI is InChI=1S/C14H23N3O/c1-17(11-14(10-15)7-3-8-14)13(18)6-5-12-4-2-9-16-12/h2,4,9,16H,3,5-8,10-11,15H2,1H3. The summed E-state index contributed by atoms with van der Waals surface area (Å²) < 4.78 is 0. The number of carbonyl (C=O) groups excluding carboxylic acids is 1. The molecular formula is C14H23N3O. The maximum Gasteiger partial charge on any atom is 0.222 e. The third kappa shape index (κ3) is 2.93. The van der Waals surface area contributed by atoms with E-state index in [4.69, 9.17) is 5.73 Å². The van der Waals surface area contributed by atoms with Crippen molar-refractivity contribution >= 4 is 5.91 Å². The Bertz CT molecular complexity index is 376. The molecular weight excluding hydrogens is 226 g/mol. The number of carbonyl (C=O) groups is 1. The number of aromatic amines is 1. The lowest BCUT2D eigenvalue weighted by molar-refractivity contribution is -0.132. The van der Waals surface area contributed by atoms with Gasteiger partial charge in [0.15, 0.2) is 0 Å². The van der Waals surface area contributed by atoms with Crippen LogP contribution in [0.15, 0.2) is 18.3 Å². The van der Waals surface area contributed by atoms with Gasteiger partial charge in [-0.15, -0.1) is 0 Å². The lowest BCUT2D eigenvalue weighted by Crippen LogP contribution is -2.47. The maximum atomic E-state index is 12.0. The second-order valence-corrected chi connectivity index (χ2v) is 5.50. The van der Waals surface area contributed by atoms with Gasteiger partial charge in [0, 0.05) is 37.3 Å². The molecule has 0 aliphatic heterocycles. The van der Waals surface area contributed by atoms with Crippen LogP contribution in [0.1, 0.15) is 31.4 Å². The highest BCUT2D eigenvalue weighted by atomic mass is 16.2. The van der Waals surface area contributed by atoms with Gasteiger partial charge >= 0.3 is 0 Å². The predicted molar refractivity (Wildman–Crippen MR) is 72.1 cm³/mol. The van der Waals surface area contributed by atoms with Gasteiger partial charge in [0.05, 0.1) is 0 Å². The van der Waals surface area contributed by atoms with Crippen LogP contribution in [0.2, 0.25) is 0 Å². The third-order valence-corrected chi connectivity index (χ3v) is 4.12. The smallest absolute Gasteiger partial charge is 0.222 e. The molecule has 1 amide bonds. The molecule has 2 rings (SSSR count). The third-order valence-electron chi connectivity index (χ3n) is 4.12. The van der Waals surface area contributed by atoms with Crippen molar-refractivity contribution in [2.45, 2.75) is 32.1 Å². The first-order valence-electron chi connectivity index (χ1n) is 6.71. The molecule has 0 atom stereocenters. The molecule has 4 heteroatoms. The molecule has 100 valence electrons. The second kappa shape index (κ2) is 5.57. The highest BCUT2D eigenvalue weighted by Crippen LogP contribution is 2.40. The first-order valence-corrected chi connectivity index (χ1v) is 6.71. The van der Waals surface area contributed by atoms with Crippen LogP contribution < -0.4 is 5.73 Å². The summed E-state index contributed by atoms with van der Waals surface area (Å²) in [7, 11) is 1.90. The van der Waals surface area contributed by atoms with Gasteiger partial charge in [-0.2, -0.15) is 0 Å². The molecule has 1 saturated carbocycles. The number of rotatable bonds is 6. The van der Waals surface area contributed by atoms with E-state index in [9.17, 15) is 4.79 Å². The molecule has 1 heterocycles. The number of hydrogen-bond acceptors (Lipinski definition) is 2. The van der Waals surface area contributed by atoms with E-state index in [0.29, 0.717) is 13.0 Å². The lowest BCUT2D eigenvalue weighted by Gasteiger charge is -2.43. The van der Waals surface area contributed by atoms with E-state index in [2.05, 4.69) is 4.98 Å². The number of aryl methyl sites for hydroxylation is 1. The maximum absolute atomic E-state index is 12.0. The predicted octanol–water partition coefficient (Wildman–Crippen LogP) is 1.53. The Morgan fingerprint density at radius 1 is 1.56 bits per heavy atom. The van der Waals surface area contributed by atoms with Crippen molar-refractivity contribution in [3.05, 3.63) is 24.0 Å². The molecule has 1 fully saturated rings. The molecule has 1 aliphatic rings. The molecule has 0 saturated heterocycles. The van der Waals surface area contributed by atoms with Crippen LogP contribution in [0.3, 0.4) is 0 Å². The largest absolute Gasteiger partial charge is 0.365 e. The molecule has 0 radical (unpaired) electrons. The lowest BCUT2D eigenvalue weighted by atomic mass is 9.68. The van der Waals surface area contributed by atoms with Gasteiger partial charge in [0.25, 0.3) is 0 Å². The molecule has 3 N–H and O–H groups in total. The van der Waals surface area contributed by atoms with Crippen molar-refractivity contribution in [3.63, 3.8) is 0 Å². The fourth-order valence-electron chi connectivity index (χ4n) is 2.65. The van der Waals surface area contributed by atoms with E-state index in [1.165, 1.54) is 6.42 Å². The van der Waals surface area contributed by atoms with E-state index in [1.807, 2.05) is 30.3 Å². The monoisotopic (exact) mass is 249 g/mol. The van der Waals surface area contributed by atoms with Gasteiger partial charge in [0.1, 0.15) is 0 Å². The van der Waals surface area contributed by atoms with Crippen molar-refractivity contribution in [2.24, 2.45) is 11.1 Å². The number of hydrogen-bond donors (Lipinski definition) is 2. The topological polar surface area (TPSA) is 62.1 Å². The van der Waals surface area contributed by atoms with Crippen LogP contribution >= 0.6 is 0 Å². The first kappa shape index (κ1) is 13.1. The summed E-state index contributed by atoms with van der Waals surface area (Å²) in [6.45, 7) is 1.51. The average Bonchev–Trinajstić information content (AvgIpc) is 2.83. The fraction of sp³-hybridized carbons (Fsp3) is 0.643. The molecule has 1 aromatic rings. The molecule has 4 nitrogen and oxygen atoms in total. The number of nitrogens with one attached hydrogen (secondary N) is 1. The summed E-state index contributed by atoms with van der Waals surface area (Å²) in [6, 6.07) is 3.97. The van der Waals surface area contributed by atoms with Crippen LogP contribution in [0, 0.1) is 5.41 Å². The van der Waals surface area contributed by atoms with Gasteiger partial charge in [-0.1, -0.05) is 6.42 Å². The van der Waals surface area contributed by atoms with Gasteiger partial charge in [0.2, 0.25) is 5.91 Å². The minimum Gasteiger partial charge on any atom is -0.365 e. The highest BCUT2D eigenvalue weighted by Gasteiger charge is 2.37. The Hall–Kier alpha value is -1.29. The van der Waals surface area contributed by atoms with Crippen LogP contribution in [-0.2, 0) is 11.2 Å². The molecule has 1 aliphatic carbocycles. The number of nitrogens with two attached hydrogens (primary N) is 1. The van der Waals surface area contributed by atoms with Crippen molar-refractivity contribution in [2.75, 3.05) is 20.1 Å². The van der Waals surface area contributed by atoms with E-state index in [1.54, 1.807) is 0 Å². The Labute approximate surface area is 109 Å². The minimum atomic E-state index is 0.205. The summed E-state index contributed by atoms with van der Waals surface area (Å²) in [6.07, 6.45) is 6.82. The molecule has 0 spiro atoms. The van der Waals surface area contributed by atoms with Crippen LogP contribution in [0.4, 0.5) is 0 Å². The SMILES string of the molecule is CN(CC1(CN)CCC1)C(=O)CCc1ccc[nH]1. The summed E-state index contributed by atoms with van der Waals surface area (Å²) in [5, 5.41) is 0. The van der Waals surface area contributed by atoms with Crippen molar-refractivity contribution in [1.29, 1.82) is 0 Å². The number of nitrogens with zero attached hydrogens (tertiary/aromatic N) is 1. The van der Waals surface area contributed by atoms with Crippen LogP contribution in [0.5, 0.6) is 0 Å². The summed E-state index contributed by atoms with van der Waals surface area (Å²) in [4.78, 5) is 17.0. The molecule has 0 bridgehead atoms. The van der Waals surface area contributed by atoms with Gasteiger partial charge in [-0.25, -0.2) is 0 Å².